The number of hydrogen-bond acceptors (Lipinski definition) is 1. The minimum atomic E-state index is -3.75. The van der Waals surface area contributed by atoms with Crippen LogP contribution in [0.2, 0.25) is 0 Å². The number of rotatable bonds is 4. The Morgan fingerprint density at radius 3 is 2.21 bits per heavy atom. The van der Waals surface area contributed by atoms with Gasteiger partial charge in [-0.2, -0.15) is 8.78 Å². The number of hydrogen-bond donors (Lipinski definition) is 1. The van der Waals surface area contributed by atoms with Crippen molar-refractivity contribution in [3.8, 4) is 0 Å². The Labute approximate surface area is 94.1 Å². The van der Waals surface area contributed by atoms with Crippen molar-refractivity contribution in [3.63, 3.8) is 0 Å². The van der Waals surface area contributed by atoms with Crippen molar-refractivity contribution in [2.24, 2.45) is 11.8 Å². The molecule has 2 unspecified atom stereocenters. The number of aliphatic carboxylic acids is 1. The van der Waals surface area contributed by atoms with Crippen molar-refractivity contribution in [2.75, 3.05) is 0 Å². The third-order valence-electron chi connectivity index (χ3n) is 2.17. The average Bonchev–Trinajstić information content (AvgIpc) is 2.63. The zero-order chi connectivity index (χ0) is 11.1. The molecule has 0 aromatic carbocycles. The fourth-order valence-corrected chi connectivity index (χ4v) is 1.69. The van der Waals surface area contributed by atoms with Gasteiger partial charge in [0.25, 0.3) is 0 Å². The van der Waals surface area contributed by atoms with E-state index in [0.29, 0.717) is 6.42 Å². The van der Waals surface area contributed by atoms with E-state index < -0.39 is 27.5 Å². The average molecular weight is 267 g/mol. The number of carbonyl (C=O) groups is 1. The molecule has 2 nitrogen and oxygen atoms in total. The zero-order valence-electron chi connectivity index (χ0n) is 6.81. The SMILES string of the molecule is O=C(O)C1CC1CC(Cl)(Cl)C(F)(F)Cl. The first-order valence-corrected chi connectivity index (χ1v) is 4.96. The molecule has 1 aliphatic rings. The van der Waals surface area contributed by atoms with Gasteiger partial charge in [0.05, 0.1) is 5.92 Å². The second kappa shape index (κ2) is 3.65. The third kappa shape index (κ3) is 2.61. The summed E-state index contributed by atoms with van der Waals surface area (Å²) in [5.41, 5.74) is 0. The van der Waals surface area contributed by atoms with E-state index in [1.807, 2.05) is 0 Å². The molecule has 0 aromatic heterocycles. The van der Waals surface area contributed by atoms with Crippen LogP contribution in [0.4, 0.5) is 8.78 Å². The topological polar surface area (TPSA) is 37.3 Å². The van der Waals surface area contributed by atoms with Crippen molar-refractivity contribution in [1.29, 1.82) is 0 Å². The Morgan fingerprint density at radius 2 is 1.93 bits per heavy atom. The summed E-state index contributed by atoms with van der Waals surface area (Å²) in [5.74, 6) is -2.05. The molecule has 0 spiro atoms. The van der Waals surface area contributed by atoms with Gasteiger partial charge in [0.2, 0.25) is 0 Å². The first-order chi connectivity index (χ1) is 6.15. The van der Waals surface area contributed by atoms with Crippen LogP contribution in [0.5, 0.6) is 0 Å². The molecule has 0 saturated heterocycles. The molecule has 7 heteroatoms. The van der Waals surface area contributed by atoms with E-state index in [0.717, 1.165) is 0 Å². The van der Waals surface area contributed by atoms with Gasteiger partial charge in [0.15, 0.2) is 4.33 Å². The maximum Gasteiger partial charge on any atom is 0.354 e. The third-order valence-corrected chi connectivity index (χ3v) is 3.47. The molecule has 14 heavy (non-hydrogen) atoms. The number of carboxylic acid groups (broad SMARTS) is 1. The van der Waals surface area contributed by atoms with Crippen LogP contribution < -0.4 is 0 Å². The van der Waals surface area contributed by atoms with E-state index in [1.54, 1.807) is 0 Å². The highest BCUT2D eigenvalue weighted by atomic mass is 35.5. The maximum absolute atomic E-state index is 12.6. The Morgan fingerprint density at radius 1 is 1.43 bits per heavy atom. The largest absolute Gasteiger partial charge is 0.481 e. The van der Waals surface area contributed by atoms with Crippen LogP contribution >= 0.6 is 34.8 Å². The highest BCUT2D eigenvalue weighted by molar-refractivity contribution is 6.52. The summed E-state index contributed by atoms with van der Waals surface area (Å²) >= 11 is 15.3. The summed E-state index contributed by atoms with van der Waals surface area (Å²) in [6, 6.07) is 0. The lowest BCUT2D eigenvalue weighted by atomic mass is 10.2. The van der Waals surface area contributed by atoms with Crippen LogP contribution in [0.25, 0.3) is 0 Å². The van der Waals surface area contributed by atoms with Gasteiger partial charge in [-0.25, -0.2) is 0 Å². The first-order valence-electron chi connectivity index (χ1n) is 3.82. The van der Waals surface area contributed by atoms with E-state index in [-0.39, 0.29) is 6.42 Å². The number of alkyl halides is 5. The Kier molecular flexibility index (Phi) is 3.20. The summed E-state index contributed by atoms with van der Waals surface area (Å²) in [4.78, 5) is 10.4. The molecule has 0 heterocycles. The Balaban J connectivity index is 2.51. The lowest BCUT2D eigenvalue weighted by molar-refractivity contribution is -0.138. The van der Waals surface area contributed by atoms with E-state index in [9.17, 15) is 13.6 Å². The fraction of sp³-hybridized carbons (Fsp3) is 0.857. The molecule has 0 aromatic rings. The summed E-state index contributed by atoms with van der Waals surface area (Å²) in [6.45, 7) is 0. The van der Waals surface area contributed by atoms with Gasteiger partial charge < -0.3 is 5.11 Å². The molecule has 1 fully saturated rings. The second-order valence-electron chi connectivity index (χ2n) is 3.35. The van der Waals surface area contributed by atoms with Gasteiger partial charge in [0, 0.05) is 0 Å². The van der Waals surface area contributed by atoms with E-state index in [4.69, 9.17) is 28.3 Å². The molecule has 1 rings (SSSR count). The minimum absolute atomic E-state index is 0.316. The van der Waals surface area contributed by atoms with Gasteiger partial charge in [-0.15, -0.1) is 0 Å². The van der Waals surface area contributed by atoms with Crippen molar-refractivity contribution < 1.29 is 18.7 Å². The summed E-state index contributed by atoms with van der Waals surface area (Å²) in [5, 5.41) is 4.77. The van der Waals surface area contributed by atoms with Crippen LogP contribution in [0, 0.1) is 11.8 Å². The van der Waals surface area contributed by atoms with Crippen LogP contribution in [-0.4, -0.2) is 20.8 Å². The van der Waals surface area contributed by atoms with E-state index >= 15 is 0 Å². The molecular formula is C7H7Cl3F2O2. The highest BCUT2D eigenvalue weighted by Gasteiger charge is 2.56. The van der Waals surface area contributed by atoms with Gasteiger partial charge >= 0.3 is 11.4 Å². The Bertz CT molecular complexity index is 252. The highest BCUT2D eigenvalue weighted by Crippen LogP contribution is 2.53. The monoisotopic (exact) mass is 266 g/mol. The van der Waals surface area contributed by atoms with Crippen LogP contribution in [0.1, 0.15) is 12.8 Å². The normalized spacial score (nSPS) is 27.5. The predicted octanol–water partition coefficient (Wildman–Crippen LogP) is 3.10. The molecule has 0 amide bonds. The van der Waals surface area contributed by atoms with Crippen LogP contribution in [0.15, 0.2) is 0 Å². The molecule has 1 saturated carbocycles. The summed E-state index contributed by atoms with van der Waals surface area (Å²) < 4.78 is 22.7. The van der Waals surface area contributed by atoms with E-state index in [1.165, 1.54) is 0 Å². The minimum Gasteiger partial charge on any atom is -0.481 e. The van der Waals surface area contributed by atoms with Crippen molar-refractivity contribution in [1.82, 2.24) is 0 Å². The van der Waals surface area contributed by atoms with Gasteiger partial charge in [0.1, 0.15) is 0 Å². The molecule has 2 atom stereocenters. The molecule has 0 bridgehead atoms. The lowest BCUT2D eigenvalue weighted by Crippen LogP contribution is -2.33. The first kappa shape index (κ1) is 12.3. The van der Waals surface area contributed by atoms with Crippen molar-refractivity contribution >= 4 is 40.8 Å². The summed E-state index contributed by atoms with van der Waals surface area (Å²) in [7, 11) is 0. The van der Waals surface area contributed by atoms with Gasteiger partial charge in [-0.1, -0.05) is 23.2 Å². The summed E-state index contributed by atoms with van der Waals surface area (Å²) in [6.07, 6.45) is 0.00701. The number of halogens is 5. The molecule has 0 radical (unpaired) electrons. The quantitative estimate of drug-likeness (QED) is 0.795. The van der Waals surface area contributed by atoms with Crippen LogP contribution in [-0.2, 0) is 4.79 Å². The fourth-order valence-electron chi connectivity index (χ4n) is 1.22. The molecule has 82 valence electrons. The number of carboxylic acids is 1. The smallest absolute Gasteiger partial charge is 0.354 e. The van der Waals surface area contributed by atoms with Gasteiger partial charge in [-0.3, -0.25) is 4.79 Å². The Hall–Kier alpha value is 0.200. The predicted molar refractivity (Wildman–Crippen MR) is 49.1 cm³/mol. The second-order valence-corrected chi connectivity index (χ2v) is 5.31. The molecular weight excluding hydrogens is 260 g/mol. The van der Waals surface area contributed by atoms with E-state index in [2.05, 4.69) is 11.6 Å². The molecule has 1 N–H and O–H groups in total. The molecule has 1 aliphatic carbocycles. The standard InChI is InChI=1S/C7H7Cl3F2O2/c8-6(9,7(10,11)12)2-3-1-4(3)5(13)14/h3-4H,1-2H2,(H,13,14). The molecule has 0 aliphatic heterocycles. The van der Waals surface area contributed by atoms with Crippen molar-refractivity contribution in [2.45, 2.75) is 22.6 Å². The van der Waals surface area contributed by atoms with Crippen LogP contribution in [0.3, 0.4) is 0 Å². The maximum atomic E-state index is 12.6. The van der Waals surface area contributed by atoms with Gasteiger partial charge in [-0.05, 0) is 30.4 Å². The lowest BCUT2D eigenvalue weighted by Gasteiger charge is -2.24. The zero-order valence-corrected chi connectivity index (χ0v) is 9.08. The van der Waals surface area contributed by atoms with Crippen molar-refractivity contribution in [3.05, 3.63) is 0 Å².